The molecule has 0 radical (unpaired) electrons. The Morgan fingerprint density at radius 3 is 1.06 bits per heavy atom. The van der Waals surface area contributed by atoms with Gasteiger partial charge in [0, 0.05) is 37.5 Å². The molecule has 2 N–H and O–H groups in total. The zero-order valence-corrected chi connectivity index (χ0v) is 10.5. The Morgan fingerprint density at radius 2 is 1.00 bits per heavy atom. The van der Waals surface area contributed by atoms with Crippen LogP contribution >= 0.6 is 0 Å². The van der Waals surface area contributed by atoms with Gasteiger partial charge in [-0.25, -0.2) is 0 Å². The molecule has 0 heterocycles. The lowest BCUT2D eigenvalue weighted by Gasteiger charge is -2.25. The van der Waals surface area contributed by atoms with Crippen molar-refractivity contribution in [3.8, 4) is 0 Å². The minimum atomic E-state index is -4.67. The lowest BCUT2D eigenvalue weighted by Crippen LogP contribution is -2.55. The minimum absolute atomic E-state index is 0.629. The molecule has 0 aromatic heterocycles. The molecule has 0 aliphatic rings. The molecule has 102 valence electrons. The average molecular weight is 274 g/mol. The third-order valence-corrected chi connectivity index (χ3v) is 2.41. The van der Waals surface area contributed by atoms with Gasteiger partial charge in [0.15, 0.2) is 0 Å². The molecular formula is C6H14N2O8S. The van der Waals surface area contributed by atoms with Gasteiger partial charge in [-0.1, -0.05) is 0 Å². The van der Waals surface area contributed by atoms with Crippen molar-refractivity contribution in [3.05, 3.63) is 20.2 Å². The van der Waals surface area contributed by atoms with Gasteiger partial charge in [-0.2, -0.15) is 8.42 Å². The van der Waals surface area contributed by atoms with Crippen LogP contribution in [0, 0.1) is 20.2 Å². The van der Waals surface area contributed by atoms with Crippen LogP contribution in [0.2, 0.25) is 0 Å². The normalized spacial score (nSPS) is 12.4. The standard InChI is InChI=1S/C6H12N2O4.H2O4S/c1-5(2,7(9)10)6(3,4)8(11)12;1-5(2,3)4/h1-4H3;(H2,1,2,3,4). The maximum absolute atomic E-state index is 10.5. The highest BCUT2D eigenvalue weighted by Gasteiger charge is 2.57. The van der Waals surface area contributed by atoms with Gasteiger partial charge in [0.1, 0.15) is 0 Å². The molecule has 0 unspecified atom stereocenters. The van der Waals surface area contributed by atoms with Crippen molar-refractivity contribution in [2.75, 3.05) is 0 Å². The van der Waals surface area contributed by atoms with Crippen molar-refractivity contribution >= 4 is 10.4 Å². The zero-order chi connectivity index (χ0) is 14.7. The van der Waals surface area contributed by atoms with Gasteiger partial charge in [0.25, 0.3) is 11.1 Å². The van der Waals surface area contributed by atoms with Gasteiger partial charge < -0.3 is 0 Å². The minimum Gasteiger partial charge on any atom is -0.264 e. The molecule has 0 bridgehead atoms. The second-order valence-electron chi connectivity index (χ2n) is 4.08. The first-order valence-corrected chi connectivity index (χ1v) is 5.52. The fraction of sp³-hybridized carbons (Fsp3) is 1.00. The molecular weight excluding hydrogens is 260 g/mol. The highest BCUT2D eigenvalue weighted by atomic mass is 32.3. The van der Waals surface area contributed by atoms with Gasteiger partial charge >= 0.3 is 10.4 Å². The predicted octanol–water partition coefficient (Wildman–Crippen LogP) is 0.444. The lowest BCUT2D eigenvalue weighted by molar-refractivity contribution is -0.673. The summed E-state index contributed by atoms with van der Waals surface area (Å²) in [4.78, 5) is 19.7. The summed E-state index contributed by atoms with van der Waals surface area (Å²) in [6.07, 6.45) is 0. The van der Waals surface area contributed by atoms with Crippen LogP contribution in [0.25, 0.3) is 0 Å². The summed E-state index contributed by atoms with van der Waals surface area (Å²) in [5, 5.41) is 20.9. The number of rotatable bonds is 3. The van der Waals surface area contributed by atoms with Crippen molar-refractivity contribution in [3.63, 3.8) is 0 Å². The molecule has 10 nitrogen and oxygen atoms in total. The quantitative estimate of drug-likeness (QED) is 0.425. The van der Waals surface area contributed by atoms with E-state index in [1.165, 1.54) is 27.7 Å². The van der Waals surface area contributed by atoms with Gasteiger partial charge in [-0.15, -0.1) is 0 Å². The van der Waals surface area contributed by atoms with E-state index in [0.29, 0.717) is 0 Å². The van der Waals surface area contributed by atoms with E-state index in [1.807, 2.05) is 0 Å². The second-order valence-corrected chi connectivity index (χ2v) is 4.98. The summed E-state index contributed by atoms with van der Waals surface area (Å²) in [6, 6.07) is 0. The zero-order valence-electron chi connectivity index (χ0n) is 9.65. The van der Waals surface area contributed by atoms with Crippen LogP contribution in [0.5, 0.6) is 0 Å². The summed E-state index contributed by atoms with van der Waals surface area (Å²) in [6.45, 7) is 4.98. The molecule has 0 fully saturated rings. The van der Waals surface area contributed by atoms with Crippen molar-refractivity contribution in [1.82, 2.24) is 0 Å². The molecule has 0 aliphatic heterocycles. The monoisotopic (exact) mass is 274 g/mol. The Hall–Kier alpha value is -1.33. The third-order valence-electron chi connectivity index (χ3n) is 2.41. The third kappa shape index (κ3) is 6.09. The topological polar surface area (TPSA) is 161 Å². The maximum atomic E-state index is 10.5. The second kappa shape index (κ2) is 5.33. The van der Waals surface area contributed by atoms with Crippen molar-refractivity contribution < 1.29 is 27.4 Å². The van der Waals surface area contributed by atoms with E-state index in [2.05, 4.69) is 0 Å². The van der Waals surface area contributed by atoms with Crippen LogP contribution in [0.1, 0.15) is 27.7 Å². The van der Waals surface area contributed by atoms with E-state index < -0.39 is 31.3 Å². The molecule has 0 aromatic rings. The molecule has 0 saturated heterocycles. The van der Waals surface area contributed by atoms with Gasteiger partial charge in [0.05, 0.1) is 0 Å². The number of nitrogens with zero attached hydrogens (tertiary/aromatic N) is 2. The average Bonchev–Trinajstić information content (AvgIpc) is 1.99. The largest absolute Gasteiger partial charge is 0.394 e. The smallest absolute Gasteiger partial charge is 0.264 e. The summed E-state index contributed by atoms with van der Waals surface area (Å²) in [7, 11) is -4.67. The molecule has 0 saturated carbocycles. The highest BCUT2D eigenvalue weighted by Crippen LogP contribution is 2.27. The number of nitro groups is 2. The molecule has 17 heavy (non-hydrogen) atoms. The van der Waals surface area contributed by atoms with E-state index in [0.717, 1.165) is 0 Å². The number of hydrogen-bond donors (Lipinski definition) is 2. The summed E-state index contributed by atoms with van der Waals surface area (Å²) in [5.41, 5.74) is -3.12. The van der Waals surface area contributed by atoms with Crippen molar-refractivity contribution in [2.45, 2.75) is 38.8 Å². The predicted molar refractivity (Wildman–Crippen MR) is 56.3 cm³/mol. The van der Waals surface area contributed by atoms with E-state index in [4.69, 9.17) is 17.5 Å². The molecule has 0 aliphatic carbocycles. The lowest BCUT2D eigenvalue weighted by atomic mass is 9.84. The Labute approximate surface area is 97.5 Å². The van der Waals surface area contributed by atoms with Gasteiger partial charge in [-0.05, 0) is 0 Å². The van der Waals surface area contributed by atoms with Gasteiger partial charge in [-0.3, -0.25) is 29.3 Å². The first kappa shape index (κ1) is 18.0. The molecule has 0 atom stereocenters. The summed E-state index contributed by atoms with van der Waals surface area (Å²) in [5.74, 6) is 0. The van der Waals surface area contributed by atoms with Crippen molar-refractivity contribution in [1.29, 1.82) is 0 Å². The van der Waals surface area contributed by atoms with Crippen LogP contribution in [-0.4, -0.2) is 38.4 Å². The molecule has 0 rings (SSSR count). The molecule has 11 heteroatoms. The van der Waals surface area contributed by atoms with Crippen LogP contribution in [-0.2, 0) is 10.4 Å². The summed E-state index contributed by atoms with van der Waals surface area (Å²) >= 11 is 0. The molecule has 0 spiro atoms. The first-order valence-electron chi connectivity index (χ1n) is 4.13. The van der Waals surface area contributed by atoms with E-state index in [1.54, 1.807) is 0 Å². The Morgan fingerprint density at radius 1 is 0.882 bits per heavy atom. The first-order chi connectivity index (χ1) is 7.14. The fourth-order valence-electron chi connectivity index (χ4n) is 0.447. The van der Waals surface area contributed by atoms with Crippen LogP contribution in [0.15, 0.2) is 0 Å². The van der Waals surface area contributed by atoms with E-state index in [-0.39, 0.29) is 0 Å². The number of hydrogen-bond acceptors (Lipinski definition) is 6. The van der Waals surface area contributed by atoms with Crippen LogP contribution < -0.4 is 0 Å². The van der Waals surface area contributed by atoms with Crippen LogP contribution in [0.4, 0.5) is 0 Å². The van der Waals surface area contributed by atoms with Crippen molar-refractivity contribution in [2.24, 2.45) is 0 Å². The Balaban J connectivity index is 0. The summed E-state index contributed by atoms with van der Waals surface area (Å²) < 4.78 is 31.6. The maximum Gasteiger partial charge on any atom is 0.394 e. The Bertz CT molecular complexity index is 366. The van der Waals surface area contributed by atoms with Gasteiger partial charge in [0.2, 0.25) is 0 Å². The highest BCUT2D eigenvalue weighted by molar-refractivity contribution is 7.79. The molecule has 0 aromatic carbocycles. The fourth-order valence-corrected chi connectivity index (χ4v) is 0.447. The van der Waals surface area contributed by atoms with E-state index >= 15 is 0 Å². The molecule has 0 amide bonds. The Kier molecular flexibility index (Phi) is 5.66. The van der Waals surface area contributed by atoms with Crippen LogP contribution in [0.3, 0.4) is 0 Å². The van der Waals surface area contributed by atoms with E-state index in [9.17, 15) is 20.2 Å². The SMILES string of the molecule is CC(C)([N+](=O)[O-])C(C)(C)[N+](=O)[O-].O=S(=O)(O)O.